The molecule has 0 radical (unpaired) electrons. The summed E-state index contributed by atoms with van der Waals surface area (Å²) in [6.45, 7) is 1.69. The summed E-state index contributed by atoms with van der Waals surface area (Å²) in [4.78, 5) is 4.40. The van der Waals surface area contributed by atoms with E-state index in [0.717, 1.165) is 31.2 Å². The molecule has 3 rings (SSSR count). The number of hydrogen-bond donors (Lipinski definition) is 1. The van der Waals surface area contributed by atoms with Crippen molar-refractivity contribution in [1.82, 2.24) is 9.71 Å². The number of aryl methyl sites for hydroxylation is 1. The third kappa shape index (κ3) is 3.82. The minimum Gasteiger partial charge on any atom is -0.255 e. The van der Waals surface area contributed by atoms with Crippen LogP contribution >= 0.6 is 0 Å². The zero-order valence-corrected chi connectivity index (χ0v) is 14.4. The maximum Gasteiger partial charge on any atom is 0.242 e. The molecule has 0 saturated heterocycles. The van der Waals surface area contributed by atoms with Gasteiger partial charge in [0.1, 0.15) is 10.7 Å². The molecular formula is C18H21FN2O2S. The highest BCUT2D eigenvalue weighted by molar-refractivity contribution is 7.89. The SMILES string of the molecule is Cc1cc(-c2ccc(S(=O)(=O)NC3CCCCC3)cn2)ccc1F. The monoisotopic (exact) mass is 348 g/mol. The fraction of sp³-hybridized carbons (Fsp3) is 0.389. The number of hydrogen-bond acceptors (Lipinski definition) is 3. The minimum atomic E-state index is -3.55. The zero-order chi connectivity index (χ0) is 17.2. The molecule has 128 valence electrons. The van der Waals surface area contributed by atoms with Crippen molar-refractivity contribution in [2.45, 2.75) is 50.0 Å². The molecule has 0 spiro atoms. The Labute approximate surface area is 142 Å². The largest absolute Gasteiger partial charge is 0.255 e. The highest BCUT2D eigenvalue weighted by Gasteiger charge is 2.22. The Bertz CT molecular complexity index is 813. The summed E-state index contributed by atoms with van der Waals surface area (Å²) in [6, 6.07) is 7.95. The molecule has 1 fully saturated rings. The first-order chi connectivity index (χ1) is 11.5. The van der Waals surface area contributed by atoms with Gasteiger partial charge in [0.2, 0.25) is 10.0 Å². The number of pyridine rings is 1. The Morgan fingerprint density at radius 2 is 1.88 bits per heavy atom. The van der Waals surface area contributed by atoms with Crippen molar-refractivity contribution in [1.29, 1.82) is 0 Å². The van der Waals surface area contributed by atoms with Gasteiger partial charge in [-0.25, -0.2) is 17.5 Å². The van der Waals surface area contributed by atoms with Gasteiger partial charge in [-0.15, -0.1) is 0 Å². The lowest BCUT2D eigenvalue weighted by Gasteiger charge is -2.22. The Morgan fingerprint density at radius 3 is 2.50 bits per heavy atom. The van der Waals surface area contributed by atoms with Crippen molar-refractivity contribution in [3.63, 3.8) is 0 Å². The smallest absolute Gasteiger partial charge is 0.242 e. The van der Waals surface area contributed by atoms with Gasteiger partial charge in [-0.3, -0.25) is 4.98 Å². The first-order valence-corrected chi connectivity index (χ1v) is 9.69. The van der Waals surface area contributed by atoms with Gasteiger partial charge < -0.3 is 0 Å². The second-order valence-corrected chi connectivity index (χ2v) is 8.01. The van der Waals surface area contributed by atoms with E-state index in [1.165, 1.54) is 18.7 Å². The highest BCUT2D eigenvalue weighted by Crippen LogP contribution is 2.23. The number of benzene rings is 1. The quantitative estimate of drug-likeness (QED) is 0.914. The molecule has 1 aliphatic carbocycles. The average molecular weight is 348 g/mol. The highest BCUT2D eigenvalue weighted by atomic mass is 32.2. The molecule has 1 N–H and O–H groups in total. The van der Waals surface area contributed by atoms with Gasteiger partial charge in [-0.2, -0.15) is 0 Å². The third-order valence-corrected chi connectivity index (χ3v) is 5.93. The van der Waals surface area contributed by atoms with E-state index in [1.54, 1.807) is 31.2 Å². The number of rotatable bonds is 4. The molecule has 0 bridgehead atoms. The van der Waals surface area contributed by atoms with Crippen molar-refractivity contribution in [2.75, 3.05) is 0 Å². The lowest BCUT2D eigenvalue weighted by atomic mass is 9.96. The van der Waals surface area contributed by atoms with Crippen LogP contribution in [-0.4, -0.2) is 19.4 Å². The van der Waals surface area contributed by atoms with Gasteiger partial charge in [0, 0.05) is 17.8 Å². The summed E-state index contributed by atoms with van der Waals surface area (Å²) < 4.78 is 41.0. The number of halogens is 1. The molecule has 0 unspecified atom stereocenters. The van der Waals surface area contributed by atoms with Crippen LogP contribution in [0.5, 0.6) is 0 Å². The second kappa shape index (κ2) is 6.99. The number of sulfonamides is 1. The average Bonchev–Trinajstić information content (AvgIpc) is 2.58. The number of nitrogens with one attached hydrogen (secondary N) is 1. The van der Waals surface area contributed by atoms with Crippen molar-refractivity contribution in [2.24, 2.45) is 0 Å². The lowest BCUT2D eigenvalue weighted by molar-refractivity contribution is 0.412. The van der Waals surface area contributed by atoms with Gasteiger partial charge in [0.05, 0.1) is 5.69 Å². The molecule has 24 heavy (non-hydrogen) atoms. The van der Waals surface area contributed by atoms with Crippen LogP contribution in [0.1, 0.15) is 37.7 Å². The molecule has 1 aromatic heterocycles. The van der Waals surface area contributed by atoms with Gasteiger partial charge in [-0.1, -0.05) is 19.3 Å². The molecule has 0 aliphatic heterocycles. The van der Waals surface area contributed by atoms with Gasteiger partial charge in [0.25, 0.3) is 0 Å². The predicted molar refractivity (Wildman–Crippen MR) is 91.6 cm³/mol. The van der Waals surface area contributed by atoms with E-state index in [2.05, 4.69) is 9.71 Å². The molecule has 6 heteroatoms. The molecule has 1 heterocycles. The van der Waals surface area contributed by atoms with Crippen LogP contribution in [0.4, 0.5) is 4.39 Å². The van der Waals surface area contributed by atoms with E-state index in [4.69, 9.17) is 0 Å². The van der Waals surface area contributed by atoms with Gasteiger partial charge in [-0.05, 0) is 55.7 Å². The van der Waals surface area contributed by atoms with Gasteiger partial charge in [0.15, 0.2) is 0 Å². The molecule has 1 saturated carbocycles. The second-order valence-electron chi connectivity index (χ2n) is 6.30. The zero-order valence-electron chi connectivity index (χ0n) is 13.6. The molecule has 1 aliphatic rings. The molecule has 1 aromatic carbocycles. The van der Waals surface area contributed by atoms with Crippen LogP contribution in [-0.2, 0) is 10.0 Å². The molecule has 4 nitrogen and oxygen atoms in total. The number of aromatic nitrogens is 1. The Morgan fingerprint density at radius 1 is 1.12 bits per heavy atom. The van der Waals surface area contributed by atoms with Crippen LogP contribution in [0.3, 0.4) is 0 Å². The normalized spacial score (nSPS) is 16.2. The van der Waals surface area contributed by atoms with Crippen molar-refractivity contribution < 1.29 is 12.8 Å². The summed E-state index contributed by atoms with van der Waals surface area (Å²) >= 11 is 0. The van der Waals surface area contributed by atoms with E-state index in [9.17, 15) is 12.8 Å². The Hall–Kier alpha value is -1.79. The standard InChI is InChI=1S/C18H21FN2O2S/c1-13-11-14(7-9-17(13)19)18-10-8-16(12-20-18)24(22,23)21-15-5-3-2-4-6-15/h7-12,15,21H,2-6H2,1H3. The molecule has 0 amide bonds. The van der Waals surface area contributed by atoms with Crippen LogP contribution in [0.15, 0.2) is 41.4 Å². The maximum atomic E-state index is 13.3. The van der Waals surface area contributed by atoms with Crippen molar-refractivity contribution in [3.05, 3.63) is 47.9 Å². The summed E-state index contributed by atoms with van der Waals surface area (Å²) in [7, 11) is -3.55. The first-order valence-electron chi connectivity index (χ1n) is 8.20. The van der Waals surface area contributed by atoms with E-state index in [-0.39, 0.29) is 16.8 Å². The summed E-state index contributed by atoms with van der Waals surface area (Å²) in [5.74, 6) is -0.269. The predicted octanol–water partition coefficient (Wildman–Crippen LogP) is 3.81. The maximum absolute atomic E-state index is 13.3. The van der Waals surface area contributed by atoms with Crippen molar-refractivity contribution >= 4 is 10.0 Å². The number of nitrogens with zero attached hydrogens (tertiary/aromatic N) is 1. The van der Waals surface area contributed by atoms with Crippen LogP contribution < -0.4 is 4.72 Å². The van der Waals surface area contributed by atoms with Crippen molar-refractivity contribution in [3.8, 4) is 11.3 Å². The van der Waals surface area contributed by atoms with Gasteiger partial charge >= 0.3 is 0 Å². The van der Waals surface area contributed by atoms with E-state index in [1.807, 2.05) is 0 Å². The topological polar surface area (TPSA) is 59.1 Å². The lowest BCUT2D eigenvalue weighted by Crippen LogP contribution is -2.36. The Balaban J connectivity index is 1.79. The summed E-state index contributed by atoms with van der Waals surface area (Å²) in [5.41, 5.74) is 1.91. The minimum absolute atomic E-state index is 0.0168. The van der Waals surface area contributed by atoms with Crippen LogP contribution in [0.2, 0.25) is 0 Å². The van der Waals surface area contributed by atoms with E-state index < -0.39 is 10.0 Å². The molecule has 0 atom stereocenters. The fourth-order valence-corrected chi connectivity index (χ4v) is 4.27. The van der Waals surface area contributed by atoms with Crippen LogP contribution in [0, 0.1) is 12.7 Å². The van der Waals surface area contributed by atoms with E-state index in [0.29, 0.717) is 11.3 Å². The summed E-state index contributed by atoms with van der Waals surface area (Å²) in [6.07, 6.45) is 6.44. The fourth-order valence-electron chi connectivity index (χ4n) is 3.02. The molecular weight excluding hydrogens is 327 g/mol. The van der Waals surface area contributed by atoms with E-state index >= 15 is 0 Å². The summed E-state index contributed by atoms with van der Waals surface area (Å²) in [5, 5.41) is 0. The third-order valence-electron chi connectivity index (χ3n) is 4.43. The molecule has 2 aromatic rings. The first kappa shape index (κ1) is 17.0. The van der Waals surface area contributed by atoms with Crippen LogP contribution in [0.25, 0.3) is 11.3 Å². The Kier molecular flexibility index (Phi) is 4.96.